The van der Waals surface area contributed by atoms with Crippen LogP contribution in [0.1, 0.15) is 34.6 Å². The lowest BCUT2D eigenvalue weighted by molar-refractivity contribution is -0.190. The quantitative estimate of drug-likeness (QED) is 0.543. The van der Waals surface area contributed by atoms with Crippen molar-refractivity contribution in [2.75, 3.05) is 0 Å². The third-order valence-electron chi connectivity index (χ3n) is 2.01. The van der Waals surface area contributed by atoms with E-state index >= 15 is 0 Å². The molecule has 0 saturated carbocycles. The van der Waals surface area contributed by atoms with Crippen molar-refractivity contribution in [3.05, 3.63) is 0 Å². The van der Waals surface area contributed by atoms with Crippen LogP contribution in [0.3, 0.4) is 0 Å². The van der Waals surface area contributed by atoms with Crippen molar-refractivity contribution in [1.82, 2.24) is 0 Å². The standard InChI is InChI=1S/C8H15FO2/c1-6(2)8(5,9)11-7(3,4)10-6/h1-5H3. The lowest BCUT2D eigenvalue weighted by atomic mass is 10.0. The molecular formula is C8H15FO2. The lowest BCUT2D eigenvalue weighted by Gasteiger charge is -2.25. The van der Waals surface area contributed by atoms with Crippen molar-refractivity contribution >= 4 is 0 Å². The molecule has 1 unspecified atom stereocenters. The highest BCUT2D eigenvalue weighted by Gasteiger charge is 2.56. The molecule has 0 aromatic heterocycles. The number of rotatable bonds is 0. The van der Waals surface area contributed by atoms with E-state index in [1.165, 1.54) is 6.92 Å². The van der Waals surface area contributed by atoms with Crippen LogP contribution in [0.15, 0.2) is 0 Å². The van der Waals surface area contributed by atoms with Crippen LogP contribution in [0.5, 0.6) is 0 Å². The molecule has 0 radical (unpaired) electrons. The molecule has 0 N–H and O–H groups in total. The van der Waals surface area contributed by atoms with Crippen molar-refractivity contribution < 1.29 is 13.9 Å². The topological polar surface area (TPSA) is 18.5 Å². The van der Waals surface area contributed by atoms with Gasteiger partial charge in [-0.15, -0.1) is 0 Å². The first-order chi connectivity index (χ1) is 4.66. The number of ether oxygens (including phenoxy) is 2. The molecule has 3 heteroatoms. The van der Waals surface area contributed by atoms with Gasteiger partial charge in [0, 0.05) is 0 Å². The second kappa shape index (κ2) is 1.96. The molecule has 2 nitrogen and oxygen atoms in total. The minimum atomic E-state index is -1.70. The minimum absolute atomic E-state index is 0.812. The minimum Gasteiger partial charge on any atom is -0.339 e. The number of hydrogen-bond donors (Lipinski definition) is 0. The van der Waals surface area contributed by atoms with Crippen molar-refractivity contribution in [3.8, 4) is 0 Å². The Morgan fingerprint density at radius 1 is 0.909 bits per heavy atom. The van der Waals surface area contributed by atoms with Crippen LogP contribution < -0.4 is 0 Å². The van der Waals surface area contributed by atoms with Gasteiger partial charge in [-0.1, -0.05) is 0 Å². The highest BCUT2D eigenvalue weighted by Crippen LogP contribution is 2.44. The fraction of sp³-hybridized carbons (Fsp3) is 1.00. The van der Waals surface area contributed by atoms with Gasteiger partial charge in [0.15, 0.2) is 5.79 Å². The molecule has 0 bridgehead atoms. The summed E-state index contributed by atoms with van der Waals surface area (Å²) in [6.07, 6.45) is 0. The maximum Gasteiger partial charge on any atom is 0.237 e. The zero-order valence-electron chi connectivity index (χ0n) is 7.69. The normalized spacial score (nSPS) is 40.9. The summed E-state index contributed by atoms with van der Waals surface area (Å²) >= 11 is 0. The van der Waals surface area contributed by atoms with Crippen LogP contribution in [0.25, 0.3) is 0 Å². The molecule has 1 aliphatic rings. The van der Waals surface area contributed by atoms with Gasteiger partial charge in [0.25, 0.3) is 0 Å². The van der Waals surface area contributed by atoms with E-state index < -0.39 is 17.2 Å². The molecule has 1 aliphatic heterocycles. The Labute approximate surface area is 66.7 Å². The summed E-state index contributed by atoms with van der Waals surface area (Å²) in [4.78, 5) is 0. The van der Waals surface area contributed by atoms with Crippen molar-refractivity contribution in [2.24, 2.45) is 0 Å². The zero-order chi connectivity index (χ0) is 8.91. The van der Waals surface area contributed by atoms with Gasteiger partial charge in [-0.05, 0) is 34.6 Å². The van der Waals surface area contributed by atoms with E-state index in [0.29, 0.717) is 0 Å². The van der Waals surface area contributed by atoms with Crippen LogP contribution >= 0.6 is 0 Å². The van der Waals surface area contributed by atoms with E-state index in [2.05, 4.69) is 0 Å². The van der Waals surface area contributed by atoms with Gasteiger partial charge in [0.05, 0.1) is 0 Å². The summed E-state index contributed by atoms with van der Waals surface area (Å²) in [6.45, 7) is 8.17. The Bertz CT molecular complexity index is 155. The summed E-state index contributed by atoms with van der Waals surface area (Å²) in [6, 6.07) is 0. The Balaban J connectivity index is 2.89. The molecule has 1 fully saturated rings. The first-order valence-corrected chi connectivity index (χ1v) is 3.76. The van der Waals surface area contributed by atoms with Gasteiger partial charge in [-0.3, -0.25) is 0 Å². The van der Waals surface area contributed by atoms with Gasteiger partial charge in [-0.2, -0.15) is 0 Å². The third-order valence-corrected chi connectivity index (χ3v) is 2.01. The molecule has 1 saturated heterocycles. The molecule has 0 amide bonds. The van der Waals surface area contributed by atoms with Crippen molar-refractivity contribution in [3.63, 3.8) is 0 Å². The van der Waals surface area contributed by atoms with Gasteiger partial charge in [-0.25, -0.2) is 4.39 Å². The predicted molar refractivity (Wildman–Crippen MR) is 39.8 cm³/mol. The van der Waals surface area contributed by atoms with Crippen LogP contribution in [0, 0.1) is 0 Å². The van der Waals surface area contributed by atoms with Crippen molar-refractivity contribution in [2.45, 2.75) is 51.9 Å². The Kier molecular flexibility index (Phi) is 1.59. The zero-order valence-corrected chi connectivity index (χ0v) is 7.69. The first kappa shape index (κ1) is 8.94. The smallest absolute Gasteiger partial charge is 0.237 e. The summed E-state index contributed by atoms with van der Waals surface area (Å²) in [5.74, 6) is -2.51. The molecule has 11 heavy (non-hydrogen) atoms. The maximum absolute atomic E-state index is 13.5. The SMILES string of the molecule is CC1(C)OC(C)(C)C(C)(F)O1. The molecule has 1 atom stereocenters. The Morgan fingerprint density at radius 2 is 1.36 bits per heavy atom. The van der Waals surface area contributed by atoms with E-state index in [1.54, 1.807) is 27.7 Å². The van der Waals surface area contributed by atoms with E-state index in [4.69, 9.17) is 9.47 Å². The van der Waals surface area contributed by atoms with Crippen LogP contribution in [-0.4, -0.2) is 17.2 Å². The second-order valence-corrected chi connectivity index (χ2v) is 4.03. The summed E-state index contributed by atoms with van der Waals surface area (Å²) in [5.41, 5.74) is -0.865. The Morgan fingerprint density at radius 3 is 1.45 bits per heavy atom. The molecule has 0 spiro atoms. The van der Waals surface area contributed by atoms with Crippen LogP contribution in [0.4, 0.5) is 4.39 Å². The predicted octanol–water partition coefficient (Wildman–Crippen LogP) is 2.23. The largest absolute Gasteiger partial charge is 0.339 e. The van der Waals surface area contributed by atoms with E-state index in [-0.39, 0.29) is 0 Å². The highest BCUT2D eigenvalue weighted by molar-refractivity contribution is 4.92. The van der Waals surface area contributed by atoms with Gasteiger partial charge < -0.3 is 9.47 Å². The fourth-order valence-electron chi connectivity index (χ4n) is 1.31. The summed E-state index contributed by atoms with van der Waals surface area (Å²) in [7, 11) is 0. The number of halogens is 1. The highest BCUT2D eigenvalue weighted by atomic mass is 19.2. The van der Waals surface area contributed by atoms with E-state index in [9.17, 15) is 4.39 Å². The second-order valence-electron chi connectivity index (χ2n) is 4.03. The average molecular weight is 162 g/mol. The van der Waals surface area contributed by atoms with Gasteiger partial charge >= 0.3 is 0 Å². The fourth-order valence-corrected chi connectivity index (χ4v) is 1.31. The van der Waals surface area contributed by atoms with Gasteiger partial charge in [0.1, 0.15) is 5.60 Å². The Hall–Kier alpha value is -0.150. The molecule has 1 rings (SSSR count). The lowest BCUT2D eigenvalue weighted by Crippen LogP contribution is -2.40. The summed E-state index contributed by atoms with van der Waals surface area (Å²) < 4.78 is 24.0. The molecular weight excluding hydrogens is 147 g/mol. The average Bonchev–Trinajstić information content (AvgIpc) is 1.66. The monoisotopic (exact) mass is 162 g/mol. The summed E-state index contributed by atoms with van der Waals surface area (Å²) in [5, 5.41) is 0. The molecule has 0 aromatic carbocycles. The molecule has 66 valence electrons. The van der Waals surface area contributed by atoms with Crippen LogP contribution in [0.2, 0.25) is 0 Å². The molecule has 0 aromatic rings. The van der Waals surface area contributed by atoms with Crippen molar-refractivity contribution in [1.29, 1.82) is 0 Å². The number of hydrogen-bond acceptors (Lipinski definition) is 2. The van der Waals surface area contributed by atoms with Crippen LogP contribution in [-0.2, 0) is 9.47 Å². The first-order valence-electron chi connectivity index (χ1n) is 3.76. The number of alkyl halides is 1. The van der Waals surface area contributed by atoms with E-state index in [1.807, 2.05) is 0 Å². The molecule has 1 heterocycles. The molecule has 0 aliphatic carbocycles. The maximum atomic E-state index is 13.5. The third kappa shape index (κ3) is 1.40. The van der Waals surface area contributed by atoms with E-state index in [0.717, 1.165) is 0 Å². The van der Waals surface area contributed by atoms with Gasteiger partial charge in [0.2, 0.25) is 5.85 Å².